The van der Waals surface area contributed by atoms with Crippen LogP contribution in [-0.2, 0) is 0 Å². The molecular weight excluding hydrogens is 259 g/mol. The number of likely N-dealkylation sites (tertiary alicyclic amines) is 1. The number of nitrogens with zero attached hydrogens (tertiary/aromatic N) is 1. The van der Waals surface area contributed by atoms with Crippen LogP contribution in [0.2, 0.25) is 0 Å². The Balaban J connectivity index is 1.80. The van der Waals surface area contributed by atoms with Crippen molar-refractivity contribution >= 4 is 5.91 Å². The highest BCUT2D eigenvalue weighted by atomic mass is 19.1. The van der Waals surface area contributed by atoms with E-state index < -0.39 is 11.7 Å². The highest BCUT2D eigenvalue weighted by Crippen LogP contribution is 2.18. The average molecular weight is 280 g/mol. The van der Waals surface area contributed by atoms with E-state index in [-0.39, 0.29) is 11.3 Å². The Hall–Kier alpha value is -1.62. The number of phenolic OH excluding ortho intramolecular Hbond substituents is 1. The third-order valence-electron chi connectivity index (χ3n) is 3.76. The Labute approximate surface area is 118 Å². The molecule has 2 rings (SSSR count). The average Bonchev–Trinajstić information content (AvgIpc) is 2.38. The maximum absolute atomic E-state index is 13.5. The zero-order chi connectivity index (χ0) is 14.5. The van der Waals surface area contributed by atoms with Crippen molar-refractivity contribution in [3.63, 3.8) is 0 Å². The van der Waals surface area contributed by atoms with Crippen LogP contribution in [0.4, 0.5) is 4.39 Å². The number of hydrogen-bond donors (Lipinski definition) is 2. The molecule has 2 N–H and O–H groups in total. The Morgan fingerprint density at radius 2 is 2.35 bits per heavy atom. The third-order valence-corrected chi connectivity index (χ3v) is 3.76. The van der Waals surface area contributed by atoms with Crippen LogP contribution in [0.3, 0.4) is 0 Å². The summed E-state index contributed by atoms with van der Waals surface area (Å²) in [6.07, 6.45) is 3.30. The standard InChI is InChI=1S/C15H21FN2O2/c1-18-8-2-3-11(10-18)6-7-17-15(20)13-5-4-12(19)9-14(13)16/h4-5,9,11,19H,2-3,6-8,10H2,1H3,(H,17,20)/t11-/m0/s1. The molecule has 0 aromatic heterocycles. The van der Waals surface area contributed by atoms with Gasteiger partial charge in [0.15, 0.2) is 0 Å². The molecule has 0 radical (unpaired) electrons. The Morgan fingerprint density at radius 1 is 1.55 bits per heavy atom. The van der Waals surface area contributed by atoms with Crippen LogP contribution >= 0.6 is 0 Å². The topological polar surface area (TPSA) is 52.6 Å². The summed E-state index contributed by atoms with van der Waals surface area (Å²) < 4.78 is 13.5. The molecule has 0 saturated carbocycles. The summed E-state index contributed by atoms with van der Waals surface area (Å²) in [7, 11) is 2.11. The van der Waals surface area contributed by atoms with Crippen molar-refractivity contribution in [3.05, 3.63) is 29.6 Å². The van der Waals surface area contributed by atoms with E-state index in [4.69, 9.17) is 5.11 Å². The maximum atomic E-state index is 13.5. The number of phenols is 1. The van der Waals surface area contributed by atoms with Crippen molar-refractivity contribution in [1.29, 1.82) is 0 Å². The van der Waals surface area contributed by atoms with Gasteiger partial charge in [0.2, 0.25) is 0 Å². The second-order valence-electron chi connectivity index (χ2n) is 5.48. The first-order valence-corrected chi connectivity index (χ1v) is 7.01. The lowest BCUT2D eigenvalue weighted by molar-refractivity contribution is 0.0944. The molecule has 1 fully saturated rings. The smallest absolute Gasteiger partial charge is 0.254 e. The first kappa shape index (κ1) is 14.8. The number of halogens is 1. The van der Waals surface area contributed by atoms with E-state index in [9.17, 15) is 9.18 Å². The molecule has 1 saturated heterocycles. The van der Waals surface area contributed by atoms with Gasteiger partial charge in [0.1, 0.15) is 11.6 Å². The number of amides is 1. The Bertz CT molecular complexity index is 479. The lowest BCUT2D eigenvalue weighted by atomic mass is 9.95. The van der Waals surface area contributed by atoms with Crippen LogP contribution in [0.25, 0.3) is 0 Å². The van der Waals surface area contributed by atoms with Gasteiger partial charge in [-0.2, -0.15) is 0 Å². The summed E-state index contributed by atoms with van der Waals surface area (Å²) in [5.74, 6) is -0.699. The fourth-order valence-corrected chi connectivity index (χ4v) is 2.68. The summed E-state index contributed by atoms with van der Waals surface area (Å²) in [4.78, 5) is 14.1. The fourth-order valence-electron chi connectivity index (χ4n) is 2.68. The predicted octanol–water partition coefficient (Wildman–Crippen LogP) is 1.99. The largest absolute Gasteiger partial charge is 0.508 e. The molecule has 0 bridgehead atoms. The molecule has 1 heterocycles. The SMILES string of the molecule is CN1CCC[C@@H](CCNC(=O)c2ccc(O)cc2F)C1. The van der Waals surface area contributed by atoms with E-state index in [1.807, 2.05) is 0 Å². The van der Waals surface area contributed by atoms with Gasteiger partial charge in [-0.25, -0.2) is 4.39 Å². The molecule has 4 nitrogen and oxygen atoms in total. The summed E-state index contributed by atoms with van der Waals surface area (Å²) in [6.45, 7) is 2.75. The molecule has 5 heteroatoms. The minimum atomic E-state index is -0.695. The molecule has 110 valence electrons. The van der Waals surface area contributed by atoms with Gasteiger partial charge in [0, 0.05) is 19.2 Å². The second-order valence-corrected chi connectivity index (χ2v) is 5.48. The van der Waals surface area contributed by atoms with Gasteiger partial charge in [-0.1, -0.05) is 0 Å². The minimum absolute atomic E-state index is 0.0245. The lowest BCUT2D eigenvalue weighted by Crippen LogP contribution is -2.34. The molecule has 1 aromatic rings. The van der Waals surface area contributed by atoms with Crippen LogP contribution in [0.15, 0.2) is 18.2 Å². The zero-order valence-corrected chi connectivity index (χ0v) is 11.7. The molecule has 20 heavy (non-hydrogen) atoms. The molecular formula is C15H21FN2O2. The van der Waals surface area contributed by atoms with Crippen LogP contribution in [-0.4, -0.2) is 42.6 Å². The normalized spacial score (nSPS) is 19.8. The quantitative estimate of drug-likeness (QED) is 0.887. The highest BCUT2D eigenvalue weighted by Gasteiger charge is 2.17. The van der Waals surface area contributed by atoms with Gasteiger partial charge in [0.05, 0.1) is 5.56 Å². The molecule has 1 aliphatic heterocycles. The van der Waals surface area contributed by atoms with Crippen LogP contribution in [0.5, 0.6) is 5.75 Å². The van der Waals surface area contributed by atoms with Gasteiger partial charge in [0.25, 0.3) is 5.91 Å². The molecule has 0 spiro atoms. The number of carbonyl (C=O) groups excluding carboxylic acids is 1. The van der Waals surface area contributed by atoms with Crippen molar-refractivity contribution in [2.24, 2.45) is 5.92 Å². The maximum Gasteiger partial charge on any atom is 0.254 e. The summed E-state index contributed by atoms with van der Waals surface area (Å²) in [5, 5.41) is 11.9. The van der Waals surface area contributed by atoms with Gasteiger partial charge in [-0.05, 0) is 50.9 Å². The van der Waals surface area contributed by atoms with Gasteiger partial charge >= 0.3 is 0 Å². The van der Waals surface area contributed by atoms with Crippen LogP contribution in [0, 0.1) is 11.7 Å². The van der Waals surface area contributed by atoms with E-state index in [0.29, 0.717) is 12.5 Å². The monoisotopic (exact) mass is 280 g/mol. The van der Waals surface area contributed by atoms with E-state index in [1.54, 1.807) is 0 Å². The molecule has 1 amide bonds. The van der Waals surface area contributed by atoms with E-state index in [1.165, 1.54) is 25.0 Å². The zero-order valence-electron chi connectivity index (χ0n) is 11.7. The fraction of sp³-hybridized carbons (Fsp3) is 0.533. The van der Waals surface area contributed by atoms with Gasteiger partial charge in [-0.15, -0.1) is 0 Å². The highest BCUT2D eigenvalue weighted by molar-refractivity contribution is 5.94. The molecule has 0 aliphatic carbocycles. The number of aromatic hydroxyl groups is 1. The van der Waals surface area contributed by atoms with Crippen LogP contribution < -0.4 is 5.32 Å². The molecule has 0 unspecified atom stereocenters. The number of rotatable bonds is 4. The summed E-state index contributed by atoms with van der Waals surface area (Å²) in [5.41, 5.74) is -0.0245. The van der Waals surface area contributed by atoms with Gasteiger partial charge < -0.3 is 15.3 Å². The van der Waals surface area contributed by atoms with Crippen LogP contribution in [0.1, 0.15) is 29.6 Å². The van der Waals surface area contributed by atoms with E-state index in [2.05, 4.69) is 17.3 Å². The van der Waals surface area contributed by atoms with E-state index in [0.717, 1.165) is 25.6 Å². The number of hydrogen-bond acceptors (Lipinski definition) is 3. The first-order valence-electron chi connectivity index (χ1n) is 7.01. The predicted molar refractivity (Wildman–Crippen MR) is 75.2 cm³/mol. The number of benzene rings is 1. The minimum Gasteiger partial charge on any atom is -0.508 e. The second kappa shape index (κ2) is 6.70. The summed E-state index contributed by atoms with van der Waals surface area (Å²) in [6, 6.07) is 3.56. The van der Waals surface area contributed by atoms with Crippen molar-refractivity contribution in [1.82, 2.24) is 10.2 Å². The molecule has 1 aliphatic rings. The Morgan fingerprint density at radius 3 is 3.05 bits per heavy atom. The van der Waals surface area contributed by atoms with Crippen molar-refractivity contribution in [2.45, 2.75) is 19.3 Å². The first-order chi connectivity index (χ1) is 9.56. The number of piperidine rings is 1. The van der Waals surface area contributed by atoms with E-state index >= 15 is 0 Å². The molecule has 1 atom stereocenters. The molecule has 1 aromatic carbocycles. The van der Waals surface area contributed by atoms with Gasteiger partial charge in [-0.3, -0.25) is 4.79 Å². The lowest BCUT2D eigenvalue weighted by Gasteiger charge is -2.29. The summed E-state index contributed by atoms with van der Waals surface area (Å²) >= 11 is 0. The van der Waals surface area contributed by atoms with Crippen molar-refractivity contribution in [2.75, 3.05) is 26.7 Å². The third kappa shape index (κ3) is 3.93. The van der Waals surface area contributed by atoms with Crippen molar-refractivity contribution < 1.29 is 14.3 Å². The Kier molecular flexibility index (Phi) is 4.95. The van der Waals surface area contributed by atoms with Crippen molar-refractivity contribution in [3.8, 4) is 5.75 Å². The number of nitrogens with one attached hydrogen (secondary N) is 1. The number of carbonyl (C=O) groups is 1.